The molecule has 2 aromatic rings. The molecule has 0 bridgehead atoms. The summed E-state index contributed by atoms with van der Waals surface area (Å²) in [7, 11) is 0. The second kappa shape index (κ2) is 5.76. The molecule has 0 spiro atoms. The fourth-order valence-electron chi connectivity index (χ4n) is 1.79. The normalized spacial score (nSPS) is 10.3. The van der Waals surface area contributed by atoms with E-state index in [1.54, 1.807) is 18.2 Å². The van der Waals surface area contributed by atoms with Gasteiger partial charge in [0.25, 0.3) is 5.91 Å². The van der Waals surface area contributed by atoms with Gasteiger partial charge in [0, 0.05) is 5.56 Å². The molecule has 2 aromatic carbocycles. The minimum atomic E-state index is -0.135. The van der Waals surface area contributed by atoms with E-state index in [0.717, 1.165) is 11.1 Å². The molecular formula is C15H13BrClNO. The summed E-state index contributed by atoms with van der Waals surface area (Å²) in [5.41, 5.74) is 3.42. The summed E-state index contributed by atoms with van der Waals surface area (Å²) in [6.45, 7) is 3.93. The zero-order chi connectivity index (χ0) is 14.0. The maximum absolute atomic E-state index is 12.3. The number of benzene rings is 2. The van der Waals surface area contributed by atoms with Gasteiger partial charge < -0.3 is 5.32 Å². The number of amides is 1. The lowest BCUT2D eigenvalue weighted by molar-refractivity contribution is 0.102. The van der Waals surface area contributed by atoms with Crippen molar-refractivity contribution in [2.45, 2.75) is 13.8 Å². The van der Waals surface area contributed by atoms with Crippen LogP contribution in [-0.4, -0.2) is 5.91 Å². The van der Waals surface area contributed by atoms with E-state index in [4.69, 9.17) is 11.6 Å². The third kappa shape index (κ3) is 2.99. The molecule has 0 aliphatic carbocycles. The number of rotatable bonds is 2. The minimum absolute atomic E-state index is 0.135. The summed E-state index contributed by atoms with van der Waals surface area (Å²) >= 11 is 9.37. The molecule has 19 heavy (non-hydrogen) atoms. The van der Waals surface area contributed by atoms with Gasteiger partial charge in [0.2, 0.25) is 0 Å². The van der Waals surface area contributed by atoms with Crippen molar-refractivity contribution in [3.8, 4) is 0 Å². The fourth-order valence-corrected chi connectivity index (χ4v) is 2.33. The molecule has 0 aromatic heterocycles. The average Bonchev–Trinajstić information content (AvgIpc) is 2.38. The number of anilines is 1. The lowest BCUT2D eigenvalue weighted by Gasteiger charge is -2.11. The summed E-state index contributed by atoms with van der Waals surface area (Å²) in [5.74, 6) is -0.135. The van der Waals surface area contributed by atoms with E-state index < -0.39 is 0 Å². The summed E-state index contributed by atoms with van der Waals surface area (Å²) in [4.78, 5) is 12.3. The first-order valence-corrected chi connectivity index (χ1v) is 6.99. The van der Waals surface area contributed by atoms with Crippen LogP contribution < -0.4 is 5.32 Å². The highest BCUT2D eigenvalue weighted by molar-refractivity contribution is 9.10. The van der Waals surface area contributed by atoms with Crippen LogP contribution in [0.15, 0.2) is 40.9 Å². The number of halogens is 2. The van der Waals surface area contributed by atoms with Crippen molar-refractivity contribution in [1.82, 2.24) is 0 Å². The summed E-state index contributed by atoms with van der Waals surface area (Å²) in [6, 6.07) is 11.0. The van der Waals surface area contributed by atoms with Gasteiger partial charge in [-0.15, -0.1) is 0 Å². The maximum atomic E-state index is 12.3. The molecule has 98 valence electrons. The van der Waals surface area contributed by atoms with Crippen molar-refractivity contribution < 1.29 is 4.79 Å². The topological polar surface area (TPSA) is 29.1 Å². The standard InChI is InChI=1S/C15H13BrClNO/c1-9-5-3-6-11(10(9)2)15(19)18-13-8-4-7-12(17)14(13)16/h3-8H,1-2H3,(H,18,19). The second-order valence-corrected chi connectivity index (χ2v) is 5.50. The lowest BCUT2D eigenvalue weighted by atomic mass is 10.0. The van der Waals surface area contributed by atoms with Crippen molar-refractivity contribution in [1.29, 1.82) is 0 Å². The highest BCUT2D eigenvalue weighted by Gasteiger charge is 2.12. The molecule has 0 fully saturated rings. The van der Waals surface area contributed by atoms with Crippen LogP contribution in [0.1, 0.15) is 21.5 Å². The van der Waals surface area contributed by atoms with Crippen molar-refractivity contribution in [2.24, 2.45) is 0 Å². The molecule has 0 atom stereocenters. The quantitative estimate of drug-likeness (QED) is 0.823. The highest BCUT2D eigenvalue weighted by atomic mass is 79.9. The van der Waals surface area contributed by atoms with Gasteiger partial charge in [0.15, 0.2) is 0 Å². The Hall–Kier alpha value is -1.32. The maximum Gasteiger partial charge on any atom is 0.255 e. The van der Waals surface area contributed by atoms with Gasteiger partial charge in [-0.1, -0.05) is 29.8 Å². The first kappa shape index (κ1) is 14.1. The molecular weight excluding hydrogens is 326 g/mol. The van der Waals surface area contributed by atoms with E-state index in [0.29, 0.717) is 20.7 Å². The molecule has 1 amide bonds. The molecule has 4 heteroatoms. The second-order valence-electron chi connectivity index (χ2n) is 4.30. The van der Waals surface area contributed by atoms with E-state index >= 15 is 0 Å². The lowest BCUT2D eigenvalue weighted by Crippen LogP contribution is -2.14. The van der Waals surface area contributed by atoms with Gasteiger partial charge in [0.05, 0.1) is 15.2 Å². The van der Waals surface area contributed by atoms with E-state index in [1.807, 2.05) is 32.0 Å². The molecule has 0 saturated heterocycles. The van der Waals surface area contributed by atoms with Crippen LogP contribution in [0.25, 0.3) is 0 Å². The van der Waals surface area contributed by atoms with Gasteiger partial charge in [-0.2, -0.15) is 0 Å². The van der Waals surface area contributed by atoms with Gasteiger partial charge in [-0.05, 0) is 59.1 Å². The number of hydrogen-bond donors (Lipinski definition) is 1. The van der Waals surface area contributed by atoms with Crippen LogP contribution in [0.5, 0.6) is 0 Å². The molecule has 0 radical (unpaired) electrons. The predicted octanol–water partition coefficient (Wildman–Crippen LogP) is 4.97. The Labute approximate surface area is 125 Å². The predicted molar refractivity (Wildman–Crippen MR) is 83.0 cm³/mol. The Morgan fingerprint density at radius 2 is 1.84 bits per heavy atom. The van der Waals surface area contributed by atoms with E-state index in [-0.39, 0.29) is 5.91 Å². The molecule has 2 nitrogen and oxygen atoms in total. The van der Waals surface area contributed by atoms with Crippen LogP contribution in [-0.2, 0) is 0 Å². The van der Waals surface area contributed by atoms with E-state index in [1.165, 1.54) is 0 Å². The van der Waals surface area contributed by atoms with Crippen molar-refractivity contribution in [2.75, 3.05) is 5.32 Å². The van der Waals surface area contributed by atoms with Gasteiger partial charge in [0.1, 0.15) is 0 Å². The Kier molecular flexibility index (Phi) is 4.27. The van der Waals surface area contributed by atoms with Crippen molar-refractivity contribution >= 4 is 39.1 Å². The Morgan fingerprint density at radius 3 is 2.58 bits per heavy atom. The fraction of sp³-hybridized carbons (Fsp3) is 0.133. The molecule has 0 saturated carbocycles. The first-order valence-electron chi connectivity index (χ1n) is 5.82. The van der Waals surface area contributed by atoms with Crippen LogP contribution >= 0.6 is 27.5 Å². The van der Waals surface area contributed by atoms with E-state index in [2.05, 4.69) is 21.2 Å². The van der Waals surface area contributed by atoms with Gasteiger partial charge >= 0.3 is 0 Å². The molecule has 0 aliphatic rings. The van der Waals surface area contributed by atoms with Crippen LogP contribution in [0.3, 0.4) is 0 Å². The minimum Gasteiger partial charge on any atom is -0.321 e. The van der Waals surface area contributed by atoms with Gasteiger partial charge in [-0.3, -0.25) is 4.79 Å². The number of carbonyl (C=O) groups is 1. The number of carbonyl (C=O) groups excluding carboxylic acids is 1. The Bertz CT molecular complexity index is 640. The Balaban J connectivity index is 2.31. The Morgan fingerprint density at radius 1 is 1.16 bits per heavy atom. The third-order valence-corrected chi connectivity index (χ3v) is 4.45. The monoisotopic (exact) mass is 337 g/mol. The average molecular weight is 339 g/mol. The van der Waals surface area contributed by atoms with Crippen molar-refractivity contribution in [3.05, 3.63) is 62.6 Å². The third-order valence-electron chi connectivity index (χ3n) is 3.05. The zero-order valence-corrected chi connectivity index (χ0v) is 13.0. The summed E-state index contributed by atoms with van der Waals surface area (Å²) < 4.78 is 0.690. The molecule has 0 unspecified atom stereocenters. The molecule has 0 aliphatic heterocycles. The summed E-state index contributed by atoms with van der Waals surface area (Å²) in [5, 5.41) is 3.43. The largest absolute Gasteiger partial charge is 0.321 e. The van der Waals surface area contributed by atoms with Gasteiger partial charge in [-0.25, -0.2) is 0 Å². The first-order chi connectivity index (χ1) is 9.00. The molecule has 2 rings (SSSR count). The van der Waals surface area contributed by atoms with Crippen LogP contribution in [0.2, 0.25) is 5.02 Å². The summed E-state index contributed by atoms with van der Waals surface area (Å²) in [6.07, 6.45) is 0. The van der Waals surface area contributed by atoms with Crippen molar-refractivity contribution in [3.63, 3.8) is 0 Å². The number of aryl methyl sites for hydroxylation is 1. The van der Waals surface area contributed by atoms with Crippen LogP contribution in [0, 0.1) is 13.8 Å². The number of nitrogens with one attached hydrogen (secondary N) is 1. The smallest absolute Gasteiger partial charge is 0.255 e. The van der Waals surface area contributed by atoms with Crippen LogP contribution in [0.4, 0.5) is 5.69 Å². The zero-order valence-electron chi connectivity index (χ0n) is 10.6. The molecule has 0 heterocycles. The number of hydrogen-bond acceptors (Lipinski definition) is 1. The SMILES string of the molecule is Cc1cccc(C(=O)Nc2cccc(Cl)c2Br)c1C. The molecule has 1 N–H and O–H groups in total. The highest BCUT2D eigenvalue weighted by Crippen LogP contribution is 2.30. The van der Waals surface area contributed by atoms with E-state index in [9.17, 15) is 4.79 Å².